The van der Waals surface area contributed by atoms with Crippen LogP contribution in [0.25, 0.3) is 22.3 Å². The van der Waals surface area contributed by atoms with Crippen LogP contribution in [-0.2, 0) is 23.9 Å². The average Bonchev–Trinajstić information content (AvgIpc) is 3.91. The number of aliphatic carboxylic acids is 1. The van der Waals surface area contributed by atoms with Crippen LogP contribution >= 0.6 is 22.9 Å². The van der Waals surface area contributed by atoms with E-state index in [1.165, 1.54) is 22.7 Å². The Morgan fingerprint density at radius 2 is 1.78 bits per heavy atom. The number of anilines is 1. The summed E-state index contributed by atoms with van der Waals surface area (Å²) in [5.74, 6) is -0.376. The Kier molecular flexibility index (Phi) is 13.0. The van der Waals surface area contributed by atoms with Gasteiger partial charge in [-0.05, 0) is 74.8 Å². The first kappa shape index (κ1) is 45.1. The zero-order valence-corrected chi connectivity index (χ0v) is 38.5. The maximum Gasteiger partial charge on any atom is 0.408 e. The summed E-state index contributed by atoms with van der Waals surface area (Å²) >= 11 is 8.55. The molecule has 3 aromatic rings. The van der Waals surface area contributed by atoms with Crippen LogP contribution in [0.3, 0.4) is 0 Å². The molecule has 342 valence electrons. The van der Waals surface area contributed by atoms with Crippen molar-refractivity contribution in [2.75, 3.05) is 51.3 Å². The Bertz CT molecular complexity index is 2200. The fraction of sp³-hybridized carbons (Fsp3) is 0.644. The van der Waals surface area contributed by atoms with Crippen molar-refractivity contribution in [2.24, 2.45) is 23.2 Å². The second kappa shape index (κ2) is 18.2. The number of pyridine rings is 1. The van der Waals surface area contributed by atoms with Gasteiger partial charge in [0.2, 0.25) is 11.8 Å². The van der Waals surface area contributed by atoms with Crippen molar-refractivity contribution >= 4 is 62.8 Å². The standard InChI is InChI=1S/C45H60ClN7O9S/c1-7-27-21-45(27,41(56)57)51-39(54)33-19-29(22-53(33)40(55)38(44(4,5)6)50-43(58)62-28-17-25-16-26(25)18-28)61-35-20-31(32-23-63-42(49-32)47-24(2)3)48-37-30(35)8-9-34(36(37)46)60-15-12-52-10-13-59-14-11-52/h8-9,20,23-29,33,38H,7,10-19,21-22H2,1-6H3,(H,47,49)(H,50,58)(H,51,54)(H,56,57)/t25-,26+,27-,28?,29-,33+,38?,45-/m1/s1. The van der Waals surface area contributed by atoms with Crippen LogP contribution in [0.4, 0.5) is 9.93 Å². The lowest BCUT2D eigenvalue weighted by atomic mass is 9.85. The SMILES string of the molecule is CC[C@@H]1C[C@]1(NC(=O)[C@@H]1C[C@@H](Oc2cc(-c3csc(NC(C)C)n3)nc3c(Cl)c(OCCN4CCOCC4)ccc23)CN1C(=O)C(NC(=O)OC1C[C@@H]2C[C@@H]2C1)C(C)(C)C)C(=O)O. The Morgan fingerprint density at radius 3 is 2.44 bits per heavy atom. The minimum Gasteiger partial charge on any atom is -0.491 e. The van der Waals surface area contributed by atoms with Gasteiger partial charge in [-0.15, -0.1) is 11.3 Å². The van der Waals surface area contributed by atoms with E-state index in [1.807, 2.05) is 53.0 Å². The van der Waals surface area contributed by atoms with Crippen LogP contribution in [0.15, 0.2) is 23.6 Å². The third kappa shape index (κ3) is 9.96. The molecule has 0 spiro atoms. The second-order valence-electron chi connectivity index (χ2n) is 19.2. The quantitative estimate of drug-likeness (QED) is 0.127. The maximum atomic E-state index is 14.8. The molecule has 16 nitrogen and oxygen atoms in total. The van der Waals surface area contributed by atoms with E-state index < -0.39 is 53.0 Å². The van der Waals surface area contributed by atoms with E-state index in [9.17, 15) is 24.3 Å². The van der Waals surface area contributed by atoms with E-state index in [1.54, 1.807) is 12.1 Å². The number of carboxylic acid groups (broad SMARTS) is 1. The Hall–Kier alpha value is -4.45. The molecule has 4 N–H and O–H groups in total. The highest BCUT2D eigenvalue weighted by Crippen LogP contribution is 2.52. The largest absolute Gasteiger partial charge is 0.491 e. The van der Waals surface area contributed by atoms with Gasteiger partial charge in [-0.3, -0.25) is 14.5 Å². The highest BCUT2D eigenvalue weighted by Gasteiger charge is 2.61. The first-order valence-corrected chi connectivity index (χ1v) is 23.6. The molecule has 2 unspecified atom stereocenters. The number of hydrogen-bond donors (Lipinski definition) is 4. The highest BCUT2D eigenvalue weighted by atomic mass is 35.5. The van der Waals surface area contributed by atoms with Gasteiger partial charge < -0.3 is 44.9 Å². The molecule has 5 aliphatic rings. The number of halogens is 1. The third-order valence-corrected chi connectivity index (χ3v) is 14.2. The van der Waals surface area contributed by atoms with Crippen LogP contribution in [0.1, 0.15) is 80.1 Å². The smallest absolute Gasteiger partial charge is 0.408 e. The number of carboxylic acids is 1. The molecule has 2 saturated heterocycles. The van der Waals surface area contributed by atoms with Crippen molar-refractivity contribution in [3.8, 4) is 22.9 Å². The van der Waals surface area contributed by atoms with Crippen molar-refractivity contribution in [3.63, 3.8) is 0 Å². The Labute approximate surface area is 377 Å². The number of morpholine rings is 1. The van der Waals surface area contributed by atoms with Crippen molar-refractivity contribution in [2.45, 2.75) is 116 Å². The number of alkyl carbamates (subject to hydrolysis) is 1. The van der Waals surface area contributed by atoms with Crippen LogP contribution in [-0.4, -0.2) is 131 Å². The molecule has 0 bridgehead atoms. The number of amides is 3. The molecule has 4 heterocycles. The number of nitrogens with zero attached hydrogens (tertiary/aromatic N) is 4. The molecule has 18 heteroatoms. The molecular weight excluding hydrogens is 850 g/mol. The minimum absolute atomic E-state index is 0.0295. The Morgan fingerprint density at radius 1 is 1.03 bits per heavy atom. The molecule has 2 aliphatic heterocycles. The van der Waals surface area contributed by atoms with Gasteiger partial charge in [-0.25, -0.2) is 19.6 Å². The molecule has 63 heavy (non-hydrogen) atoms. The summed E-state index contributed by atoms with van der Waals surface area (Å²) in [5.41, 5.74) is -0.683. The highest BCUT2D eigenvalue weighted by molar-refractivity contribution is 7.14. The average molecular weight is 911 g/mol. The number of carbonyl (C=O) groups excluding carboxylic acids is 3. The van der Waals surface area contributed by atoms with Crippen molar-refractivity contribution in [3.05, 3.63) is 28.6 Å². The lowest BCUT2D eigenvalue weighted by molar-refractivity contribution is -0.146. The van der Waals surface area contributed by atoms with Gasteiger partial charge in [0.25, 0.3) is 0 Å². The van der Waals surface area contributed by atoms with Gasteiger partial charge in [0, 0.05) is 48.9 Å². The molecule has 8 atom stereocenters. The first-order chi connectivity index (χ1) is 30.0. The summed E-state index contributed by atoms with van der Waals surface area (Å²) in [6, 6.07) is 3.38. The fourth-order valence-corrected chi connectivity index (χ4v) is 10.5. The van der Waals surface area contributed by atoms with Gasteiger partial charge in [0.15, 0.2) is 5.13 Å². The molecule has 3 amide bonds. The van der Waals surface area contributed by atoms with Crippen molar-refractivity contribution < 1.29 is 43.2 Å². The van der Waals surface area contributed by atoms with Gasteiger partial charge in [-0.1, -0.05) is 45.7 Å². The number of fused-ring (bicyclic) bond motifs is 2. The normalized spacial score (nSPS) is 27.1. The maximum absolute atomic E-state index is 14.8. The molecule has 2 aromatic heterocycles. The van der Waals surface area contributed by atoms with Crippen LogP contribution < -0.4 is 25.4 Å². The van der Waals surface area contributed by atoms with Gasteiger partial charge >= 0.3 is 12.1 Å². The predicted octanol–water partition coefficient (Wildman–Crippen LogP) is 6.20. The summed E-state index contributed by atoms with van der Waals surface area (Å²) in [6.07, 6.45) is 2.11. The minimum atomic E-state index is -1.42. The lowest BCUT2D eigenvalue weighted by Gasteiger charge is -2.35. The van der Waals surface area contributed by atoms with E-state index in [-0.39, 0.29) is 31.0 Å². The molecule has 8 rings (SSSR count). The summed E-state index contributed by atoms with van der Waals surface area (Å²) < 4.78 is 24.3. The van der Waals surface area contributed by atoms with E-state index in [0.29, 0.717) is 89.9 Å². The number of ether oxygens (including phenoxy) is 4. The summed E-state index contributed by atoms with van der Waals surface area (Å²) in [7, 11) is 0. The van der Waals surface area contributed by atoms with Crippen LogP contribution in [0.5, 0.6) is 11.5 Å². The number of likely N-dealkylation sites (tertiary alicyclic amines) is 1. The summed E-state index contributed by atoms with van der Waals surface area (Å²) in [4.78, 5) is 68.5. The molecular formula is C45H60ClN7O9S. The van der Waals surface area contributed by atoms with Gasteiger partial charge in [0.1, 0.15) is 58.7 Å². The first-order valence-electron chi connectivity index (χ1n) is 22.3. The molecule has 1 aromatic carbocycles. The topological polar surface area (TPSA) is 194 Å². The van der Waals surface area contributed by atoms with Crippen molar-refractivity contribution in [1.82, 2.24) is 30.4 Å². The zero-order valence-electron chi connectivity index (χ0n) is 36.9. The lowest BCUT2D eigenvalue weighted by Crippen LogP contribution is -2.59. The number of rotatable bonds is 16. The fourth-order valence-electron chi connectivity index (χ4n) is 9.38. The number of carbonyl (C=O) groups is 4. The number of benzene rings is 1. The second-order valence-corrected chi connectivity index (χ2v) is 20.4. The molecule has 3 saturated carbocycles. The predicted molar refractivity (Wildman–Crippen MR) is 238 cm³/mol. The number of thiazole rings is 1. The summed E-state index contributed by atoms with van der Waals surface area (Å²) in [6.45, 7) is 15.6. The number of aromatic nitrogens is 2. The molecule has 3 aliphatic carbocycles. The zero-order chi connectivity index (χ0) is 44.8. The van der Waals surface area contributed by atoms with Crippen LogP contribution in [0.2, 0.25) is 5.02 Å². The van der Waals surface area contributed by atoms with E-state index in [0.717, 1.165) is 31.1 Å². The Balaban J connectivity index is 1.09. The monoisotopic (exact) mass is 909 g/mol. The summed E-state index contributed by atoms with van der Waals surface area (Å²) in [5, 5.41) is 22.7. The van der Waals surface area contributed by atoms with E-state index in [2.05, 4.69) is 20.9 Å². The van der Waals surface area contributed by atoms with E-state index in [4.69, 9.17) is 40.5 Å². The van der Waals surface area contributed by atoms with Crippen LogP contribution in [0, 0.1) is 23.2 Å². The van der Waals surface area contributed by atoms with Gasteiger partial charge in [-0.2, -0.15) is 0 Å². The third-order valence-electron chi connectivity index (χ3n) is 13.1. The molecule has 5 fully saturated rings. The van der Waals surface area contributed by atoms with Gasteiger partial charge in [0.05, 0.1) is 31.0 Å². The molecule has 0 radical (unpaired) electrons. The van der Waals surface area contributed by atoms with E-state index >= 15 is 0 Å². The number of nitrogens with one attached hydrogen (secondary N) is 3. The van der Waals surface area contributed by atoms with Crippen molar-refractivity contribution in [1.29, 1.82) is 0 Å². The number of hydrogen-bond acceptors (Lipinski definition) is 13.